The van der Waals surface area contributed by atoms with Crippen molar-refractivity contribution in [2.75, 3.05) is 7.11 Å². The first-order valence-corrected chi connectivity index (χ1v) is 7.06. The Morgan fingerprint density at radius 3 is 2.62 bits per heavy atom. The average molecular weight is 302 g/mol. The molecule has 0 atom stereocenters. The van der Waals surface area contributed by atoms with Crippen molar-refractivity contribution in [3.05, 3.63) is 59.2 Å². The lowest BCUT2D eigenvalue weighted by Crippen LogP contribution is -1.97. The van der Waals surface area contributed by atoms with Crippen LogP contribution in [0.3, 0.4) is 0 Å². The summed E-state index contributed by atoms with van der Waals surface area (Å²) in [4.78, 5) is 0. The van der Waals surface area contributed by atoms with Crippen LogP contribution in [0.4, 0.5) is 0 Å². The van der Waals surface area contributed by atoms with E-state index in [0.29, 0.717) is 6.61 Å². The van der Waals surface area contributed by atoms with E-state index in [1.165, 1.54) is 0 Å². The van der Waals surface area contributed by atoms with Crippen molar-refractivity contribution in [2.45, 2.75) is 6.61 Å². The van der Waals surface area contributed by atoms with Crippen LogP contribution in [0.25, 0.3) is 10.9 Å². The summed E-state index contributed by atoms with van der Waals surface area (Å²) in [5, 5.41) is 1.89. The topological polar surface area (TPSA) is 23.4 Å². The van der Waals surface area contributed by atoms with Crippen molar-refractivity contribution >= 4 is 22.5 Å². The molecule has 3 nitrogen and oxygen atoms in total. The smallest absolute Gasteiger partial charge is 0.161 e. The first-order valence-electron chi connectivity index (χ1n) is 6.68. The molecule has 0 saturated carbocycles. The molecule has 0 saturated heterocycles. The summed E-state index contributed by atoms with van der Waals surface area (Å²) in [6, 6.07) is 13.5. The molecule has 0 aliphatic carbocycles. The van der Waals surface area contributed by atoms with Gasteiger partial charge in [0.05, 0.1) is 7.11 Å². The zero-order valence-corrected chi connectivity index (χ0v) is 12.7. The summed E-state index contributed by atoms with van der Waals surface area (Å²) in [5.41, 5.74) is 2.22. The third-order valence-corrected chi connectivity index (χ3v) is 3.72. The lowest BCUT2D eigenvalue weighted by atomic mass is 10.2. The van der Waals surface area contributed by atoms with Crippen molar-refractivity contribution in [2.24, 2.45) is 7.05 Å². The largest absolute Gasteiger partial charge is 0.493 e. The molecule has 1 aromatic heterocycles. The Balaban J connectivity index is 1.89. The van der Waals surface area contributed by atoms with Crippen molar-refractivity contribution in [3.8, 4) is 11.5 Å². The van der Waals surface area contributed by atoms with E-state index in [1.54, 1.807) is 7.11 Å². The minimum Gasteiger partial charge on any atom is -0.493 e. The van der Waals surface area contributed by atoms with E-state index in [9.17, 15) is 0 Å². The molecule has 0 bridgehead atoms. The molecule has 0 fully saturated rings. The van der Waals surface area contributed by atoms with Crippen LogP contribution in [-0.2, 0) is 13.7 Å². The molecule has 0 aliphatic heterocycles. The Bertz CT molecular complexity index is 780. The summed E-state index contributed by atoms with van der Waals surface area (Å²) in [6.45, 7) is 0.485. The maximum Gasteiger partial charge on any atom is 0.161 e. The number of aromatic nitrogens is 1. The molecule has 0 radical (unpaired) electrons. The molecule has 0 unspecified atom stereocenters. The van der Waals surface area contributed by atoms with Gasteiger partial charge in [-0.25, -0.2) is 0 Å². The van der Waals surface area contributed by atoms with Gasteiger partial charge in [-0.1, -0.05) is 29.8 Å². The number of methoxy groups -OCH3 is 1. The number of fused-ring (bicyclic) bond motifs is 1. The van der Waals surface area contributed by atoms with Gasteiger partial charge in [-0.05, 0) is 24.3 Å². The van der Waals surface area contributed by atoms with E-state index in [0.717, 1.165) is 33.0 Å². The highest BCUT2D eigenvalue weighted by atomic mass is 35.5. The Labute approximate surface area is 128 Å². The van der Waals surface area contributed by atoms with E-state index in [1.807, 2.05) is 49.5 Å². The predicted molar refractivity (Wildman–Crippen MR) is 85.3 cm³/mol. The van der Waals surface area contributed by atoms with Gasteiger partial charge >= 0.3 is 0 Å². The summed E-state index contributed by atoms with van der Waals surface area (Å²) < 4.78 is 13.2. The Kier molecular flexibility index (Phi) is 3.76. The van der Waals surface area contributed by atoms with E-state index in [-0.39, 0.29) is 0 Å². The van der Waals surface area contributed by atoms with Crippen molar-refractivity contribution in [3.63, 3.8) is 0 Å². The monoisotopic (exact) mass is 301 g/mol. The van der Waals surface area contributed by atoms with Gasteiger partial charge < -0.3 is 14.0 Å². The first kappa shape index (κ1) is 13.8. The van der Waals surface area contributed by atoms with E-state index in [4.69, 9.17) is 21.1 Å². The maximum atomic E-state index is 6.05. The van der Waals surface area contributed by atoms with Gasteiger partial charge in [0.2, 0.25) is 0 Å². The number of ether oxygens (including phenoxy) is 2. The second-order valence-corrected chi connectivity index (χ2v) is 5.30. The third-order valence-electron chi connectivity index (χ3n) is 3.49. The first-order chi connectivity index (χ1) is 10.2. The van der Waals surface area contributed by atoms with Crippen LogP contribution in [0.15, 0.2) is 48.7 Å². The number of para-hydroxylation sites is 2. The number of halogens is 1. The molecule has 21 heavy (non-hydrogen) atoms. The Morgan fingerprint density at radius 1 is 1.10 bits per heavy atom. The zero-order valence-electron chi connectivity index (χ0n) is 12.0. The quantitative estimate of drug-likeness (QED) is 0.712. The van der Waals surface area contributed by atoms with Crippen LogP contribution < -0.4 is 9.47 Å². The van der Waals surface area contributed by atoms with E-state index < -0.39 is 0 Å². The molecular formula is C17H16ClNO2. The summed E-state index contributed by atoms with van der Waals surface area (Å²) in [6.07, 6.45) is 2.07. The highest BCUT2D eigenvalue weighted by molar-refractivity contribution is 6.31. The Morgan fingerprint density at radius 2 is 1.86 bits per heavy atom. The third kappa shape index (κ3) is 2.69. The van der Waals surface area contributed by atoms with Crippen molar-refractivity contribution in [1.29, 1.82) is 0 Å². The molecule has 0 N–H and O–H groups in total. The molecular weight excluding hydrogens is 286 g/mol. The maximum absolute atomic E-state index is 6.05. The minimum atomic E-state index is 0.485. The summed E-state index contributed by atoms with van der Waals surface area (Å²) in [7, 11) is 3.65. The van der Waals surface area contributed by atoms with Gasteiger partial charge in [0, 0.05) is 34.7 Å². The van der Waals surface area contributed by atoms with Crippen molar-refractivity contribution < 1.29 is 9.47 Å². The van der Waals surface area contributed by atoms with Crippen LogP contribution in [0.5, 0.6) is 11.5 Å². The molecule has 0 amide bonds. The number of rotatable bonds is 4. The molecule has 1 heterocycles. The van der Waals surface area contributed by atoms with Crippen molar-refractivity contribution in [1.82, 2.24) is 4.57 Å². The Hall–Kier alpha value is -2.13. The number of hydrogen-bond donors (Lipinski definition) is 0. The number of benzene rings is 2. The van der Waals surface area contributed by atoms with Gasteiger partial charge in [-0.15, -0.1) is 0 Å². The summed E-state index contributed by atoms with van der Waals surface area (Å²) >= 11 is 6.05. The van der Waals surface area contributed by atoms with Crippen LogP contribution in [-0.4, -0.2) is 11.7 Å². The lowest BCUT2D eigenvalue weighted by Gasteiger charge is -2.09. The number of hydrogen-bond acceptors (Lipinski definition) is 2. The summed E-state index contributed by atoms with van der Waals surface area (Å²) in [5.74, 6) is 1.48. The van der Waals surface area contributed by atoms with Gasteiger partial charge in [0.15, 0.2) is 11.5 Å². The normalized spacial score (nSPS) is 10.8. The fraction of sp³-hybridized carbons (Fsp3) is 0.176. The molecule has 4 heteroatoms. The van der Waals surface area contributed by atoms with Gasteiger partial charge in [-0.2, -0.15) is 0 Å². The van der Waals surface area contributed by atoms with Gasteiger partial charge in [0.25, 0.3) is 0 Å². The lowest BCUT2D eigenvalue weighted by molar-refractivity contribution is 0.285. The average Bonchev–Trinajstić information content (AvgIpc) is 2.81. The van der Waals surface area contributed by atoms with Gasteiger partial charge in [0.1, 0.15) is 6.61 Å². The van der Waals surface area contributed by atoms with Crippen LogP contribution in [0.1, 0.15) is 5.56 Å². The van der Waals surface area contributed by atoms with Crippen LogP contribution in [0.2, 0.25) is 5.02 Å². The fourth-order valence-electron chi connectivity index (χ4n) is 2.45. The second kappa shape index (κ2) is 5.70. The molecule has 3 aromatic rings. The van der Waals surface area contributed by atoms with E-state index >= 15 is 0 Å². The second-order valence-electron chi connectivity index (χ2n) is 4.87. The highest BCUT2D eigenvalue weighted by Gasteiger charge is 2.09. The van der Waals surface area contributed by atoms with E-state index in [2.05, 4.69) is 10.8 Å². The molecule has 0 aliphatic rings. The molecule has 0 spiro atoms. The van der Waals surface area contributed by atoms with Crippen LogP contribution >= 0.6 is 11.6 Å². The highest BCUT2D eigenvalue weighted by Crippen LogP contribution is 2.29. The zero-order chi connectivity index (χ0) is 14.8. The molecule has 108 valence electrons. The number of aryl methyl sites for hydroxylation is 1. The minimum absolute atomic E-state index is 0.485. The number of nitrogens with zero attached hydrogens (tertiary/aromatic N) is 1. The fourth-order valence-corrected chi connectivity index (χ4v) is 2.62. The predicted octanol–water partition coefficient (Wildman–Crippen LogP) is 4.42. The van der Waals surface area contributed by atoms with Crippen LogP contribution in [0, 0.1) is 0 Å². The molecule has 3 rings (SSSR count). The van der Waals surface area contributed by atoms with Gasteiger partial charge in [-0.3, -0.25) is 0 Å². The molecule has 2 aromatic carbocycles. The standard InChI is InChI=1S/C17H16ClNO2/c1-19-10-12(14-8-7-13(18)9-15(14)19)11-21-17-6-4-3-5-16(17)20-2/h3-10H,11H2,1-2H3. The SMILES string of the molecule is COc1ccccc1OCc1cn(C)c2cc(Cl)ccc12.